The van der Waals surface area contributed by atoms with Gasteiger partial charge in [-0.2, -0.15) is 0 Å². The Balaban J connectivity index is 2.28. The number of rotatable bonds is 3. The highest BCUT2D eigenvalue weighted by molar-refractivity contribution is 6.34. The van der Waals surface area contributed by atoms with Crippen LogP contribution in [0.4, 0.5) is 10.5 Å². The number of ether oxygens (including phenoxy) is 2. The molecule has 1 aromatic heterocycles. The second kappa shape index (κ2) is 5.62. The summed E-state index contributed by atoms with van der Waals surface area (Å²) in [5, 5.41) is 3.01. The zero-order valence-electron chi connectivity index (χ0n) is 10.4. The summed E-state index contributed by atoms with van der Waals surface area (Å²) in [6.07, 6.45) is 4.43. The van der Waals surface area contributed by atoms with E-state index in [0.717, 1.165) is 0 Å². The standard InChI is InChI=1S/C12H12ClN3O3/c1-18-10-5-8(13)9(6-11(10)19-2)15-12(17)16-4-3-14-7-16/h3-7H,1-2H3,(H,15,17). The van der Waals surface area contributed by atoms with Gasteiger partial charge >= 0.3 is 6.03 Å². The number of hydrogen-bond acceptors (Lipinski definition) is 4. The summed E-state index contributed by atoms with van der Waals surface area (Å²) in [5.41, 5.74) is 0.429. The maximum atomic E-state index is 11.9. The van der Waals surface area contributed by atoms with E-state index in [1.54, 1.807) is 12.1 Å². The Morgan fingerprint density at radius 2 is 2.00 bits per heavy atom. The highest BCUT2D eigenvalue weighted by atomic mass is 35.5. The predicted octanol–water partition coefficient (Wildman–Crippen LogP) is 2.63. The molecular weight excluding hydrogens is 270 g/mol. The quantitative estimate of drug-likeness (QED) is 0.939. The van der Waals surface area contributed by atoms with Gasteiger partial charge in [-0.1, -0.05) is 11.6 Å². The number of nitrogens with one attached hydrogen (secondary N) is 1. The molecule has 0 aliphatic rings. The number of aromatic nitrogens is 2. The molecule has 1 aromatic carbocycles. The Morgan fingerprint density at radius 3 is 2.58 bits per heavy atom. The van der Waals surface area contributed by atoms with Gasteiger partial charge in [0.2, 0.25) is 0 Å². The molecule has 1 N–H and O–H groups in total. The zero-order chi connectivity index (χ0) is 13.8. The lowest BCUT2D eigenvalue weighted by molar-refractivity contribution is 0.253. The van der Waals surface area contributed by atoms with Crippen LogP contribution < -0.4 is 14.8 Å². The molecule has 100 valence electrons. The second-order valence-corrected chi connectivity index (χ2v) is 3.99. The smallest absolute Gasteiger partial charge is 0.331 e. The number of nitrogens with zero attached hydrogens (tertiary/aromatic N) is 2. The molecule has 0 unspecified atom stereocenters. The normalized spacial score (nSPS) is 10.1. The number of benzene rings is 1. The van der Waals surface area contributed by atoms with E-state index in [-0.39, 0.29) is 6.03 Å². The number of anilines is 1. The summed E-state index contributed by atoms with van der Waals surface area (Å²) in [7, 11) is 3.02. The molecule has 0 aliphatic carbocycles. The average Bonchev–Trinajstić information content (AvgIpc) is 2.94. The summed E-state index contributed by atoms with van der Waals surface area (Å²) >= 11 is 6.07. The van der Waals surface area contributed by atoms with Gasteiger partial charge in [0.15, 0.2) is 11.5 Å². The number of imidazole rings is 1. The van der Waals surface area contributed by atoms with E-state index in [1.807, 2.05) is 0 Å². The van der Waals surface area contributed by atoms with E-state index in [4.69, 9.17) is 21.1 Å². The molecule has 0 fully saturated rings. The van der Waals surface area contributed by atoms with Crippen molar-refractivity contribution in [3.05, 3.63) is 35.9 Å². The molecule has 2 aromatic rings. The van der Waals surface area contributed by atoms with Gasteiger partial charge in [-0.25, -0.2) is 9.78 Å². The molecule has 0 spiro atoms. The van der Waals surface area contributed by atoms with Crippen LogP contribution in [0, 0.1) is 0 Å². The van der Waals surface area contributed by atoms with Crippen LogP contribution in [-0.4, -0.2) is 29.8 Å². The largest absolute Gasteiger partial charge is 0.493 e. The molecule has 19 heavy (non-hydrogen) atoms. The third-order valence-electron chi connectivity index (χ3n) is 2.45. The fourth-order valence-electron chi connectivity index (χ4n) is 1.51. The van der Waals surface area contributed by atoms with Crippen LogP contribution in [0.25, 0.3) is 0 Å². The predicted molar refractivity (Wildman–Crippen MR) is 71.2 cm³/mol. The van der Waals surface area contributed by atoms with Crippen molar-refractivity contribution in [3.8, 4) is 11.5 Å². The van der Waals surface area contributed by atoms with Gasteiger partial charge in [0.25, 0.3) is 0 Å². The fraction of sp³-hybridized carbons (Fsp3) is 0.167. The van der Waals surface area contributed by atoms with Crippen LogP contribution in [0.3, 0.4) is 0 Å². The lowest BCUT2D eigenvalue weighted by Crippen LogP contribution is -2.18. The third kappa shape index (κ3) is 2.79. The lowest BCUT2D eigenvalue weighted by Gasteiger charge is -2.12. The first-order valence-electron chi connectivity index (χ1n) is 5.36. The number of carbonyl (C=O) groups is 1. The SMILES string of the molecule is COc1cc(Cl)c(NC(=O)n2ccnc2)cc1OC. The van der Waals surface area contributed by atoms with Crippen molar-refractivity contribution in [2.24, 2.45) is 0 Å². The number of halogens is 1. The van der Waals surface area contributed by atoms with E-state index in [2.05, 4.69) is 10.3 Å². The van der Waals surface area contributed by atoms with Crippen molar-refractivity contribution in [3.63, 3.8) is 0 Å². The molecule has 0 saturated carbocycles. The number of amides is 1. The molecule has 1 heterocycles. The van der Waals surface area contributed by atoms with Gasteiger partial charge in [0.05, 0.1) is 24.9 Å². The van der Waals surface area contributed by atoms with E-state index >= 15 is 0 Å². The first kappa shape index (κ1) is 13.2. The molecule has 6 nitrogen and oxygen atoms in total. The lowest BCUT2D eigenvalue weighted by atomic mass is 10.2. The number of methoxy groups -OCH3 is 2. The molecule has 0 atom stereocenters. The molecule has 1 amide bonds. The minimum atomic E-state index is -0.369. The molecule has 2 rings (SSSR count). The van der Waals surface area contributed by atoms with Gasteiger partial charge in [0.1, 0.15) is 6.33 Å². The van der Waals surface area contributed by atoms with Gasteiger partial charge in [-0.3, -0.25) is 4.57 Å². The van der Waals surface area contributed by atoms with Crippen LogP contribution in [0.15, 0.2) is 30.9 Å². The summed E-state index contributed by atoms with van der Waals surface area (Å²) < 4.78 is 11.6. The molecule has 0 aliphatic heterocycles. The van der Waals surface area contributed by atoms with Gasteiger partial charge in [-0.15, -0.1) is 0 Å². The minimum absolute atomic E-state index is 0.353. The van der Waals surface area contributed by atoms with Crippen LogP contribution in [0.1, 0.15) is 0 Å². The molecule has 0 saturated heterocycles. The fourth-order valence-corrected chi connectivity index (χ4v) is 1.71. The zero-order valence-corrected chi connectivity index (χ0v) is 11.1. The number of carbonyl (C=O) groups excluding carboxylic acids is 1. The molecular formula is C12H12ClN3O3. The van der Waals surface area contributed by atoms with Crippen molar-refractivity contribution in [1.29, 1.82) is 0 Å². The summed E-state index contributed by atoms with van der Waals surface area (Å²) in [6, 6.07) is 2.80. The minimum Gasteiger partial charge on any atom is -0.493 e. The maximum Gasteiger partial charge on any atom is 0.331 e. The van der Waals surface area contributed by atoms with Crippen LogP contribution >= 0.6 is 11.6 Å². The number of hydrogen-bond donors (Lipinski definition) is 1. The average molecular weight is 282 g/mol. The van der Waals surface area contributed by atoms with Gasteiger partial charge in [-0.05, 0) is 0 Å². The molecule has 7 heteroatoms. The topological polar surface area (TPSA) is 65.4 Å². The Hall–Kier alpha value is -2.21. The first-order chi connectivity index (χ1) is 9.15. The summed E-state index contributed by atoms with van der Waals surface area (Å²) in [5.74, 6) is 0.973. The van der Waals surface area contributed by atoms with E-state index in [0.29, 0.717) is 22.2 Å². The van der Waals surface area contributed by atoms with Crippen LogP contribution in [0.2, 0.25) is 5.02 Å². The first-order valence-corrected chi connectivity index (χ1v) is 5.74. The molecule has 0 bridgehead atoms. The summed E-state index contributed by atoms with van der Waals surface area (Å²) in [6.45, 7) is 0. The Morgan fingerprint density at radius 1 is 1.32 bits per heavy atom. The van der Waals surface area contributed by atoms with Crippen molar-refractivity contribution in [2.45, 2.75) is 0 Å². The second-order valence-electron chi connectivity index (χ2n) is 3.59. The van der Waals surface area contributed by atoms with Crippen molar-refractivity contribution in [1.82, 2.24) is 9.55 Å². The van der Waals surface area contributed by atoms with Gasteiger partial charge in [0, 0.05) is 24.5 Å². The van der Waals surface area contributed by atoms with Crippen LogP contribution in [-0.2, 0) is 0 Å². The highest BCUT2D eigenvalue weighted by Gasteiger charge is 2.12. The molecule has 0 radical (unpaired) electrons. The van der Waals surface area contributed by atoms with E-state index in [9.17, 15) is 4.79 Å². The van der Waals surface area contributed by atoms with E-state index < -0.39 is 0 Å². The maximum absolute atomic E-state index is 11.9. The van der Waals surface area contributed by atoms with Crippen molar-refractivity contribution >= 4 is 23.3 Å². The Bertz CT molecular complexity index is 584. The van der Waals surface area contributed by atoms with E-state index in [1.165, 1.54) is 37.5 Å². The highest BCUT2D eigenvalue weighted by Crippen LogP contribution is 2.35. The Labute approximate surface area is 114 Å². The van der Waals surface area contributed by atoms with Crippen molar-refractivity contribution < 1.29 is 14.3 Å². The van der Waals surface area contributed by atoms with Crippen molar-refractivity contribution in [2.75, 3.05) is 19.5 Å². The summed E-state index contributed by atoms with van der Waals surface area (Å²) in [4.78, 5) is 15.7. The Kier molecular flexibility index (Phi) is 3.91. The van der Waals surface area contributed by atoms with Crippen LogP contribution in [0.5, 0.6) is 11.5 Å². The van der Waals surface area contributed by atoms with Gasteiger partial charge < -0.3 is 14.8 Å². The monoisotopic (exact) mass is 281 g/mol. The third-order valence-corrected chi connectivity index (χ3v) is 2.77.